The van der Waals surface area contributed by atoms with E-state index in [1.54, 1.807) is 93.5 Å². The highest BCUT2D eigenvalue weighted by Crippen LogP contribution is 2.43. The lowest BCUT2D eigenvalue weighted by atomic mass is 10.0. The summed E-state index contributed by atoms with van der Waals surface area (Å²) in [4.78, 5) is 56.3. The Morgan fingerprint density at radius 3 is 1.27 bits per heavy atom. The molecule has 49 heavy (non-hydrogen) atoms. The normalized spacial score (nSPS) is 22.5. The molecular weight excluding hydrogens is 636 g/mol. The van der Waals surface area contributed by atoms with Crippen LogP contribution in [0.25, 0.3) is 0 Å². The number of ether oxygens (including phenoxy) is 5. The number of carbonyl (C=O) groups excluding carboxylic acids is 4. The number of hydrogen-bond acceptors (Lipinski definition) is 11. The third kappa shape index (κ3) is 9.93. The van der Waals surface area contributed by atoms with E-state index in [4.69, 9.17) is 28.9 Å². The molecule has 0 spiro atoms. The molecule has 2 aromatic rings. The van der Waals surface area contributed by atoms with Crippen LogP contribution in [0.2, 0.25) is 0 Å². The largest absolute Gasteiger partial charge is 0.467 e. The zero-order valence-electron chi connectivity index (χ0n) is 29.5. The summed E-state index contributed by atoms with van der Waals surface area (Å²) in [5.74, 6) is -1.53. The SMILES string of the molecule is C.CC(C)(C)OC(=O)N1[C@H](C(=O)OO)[C@@H](c2ccccc2)OC1(C)C.COC(=O)[C@@H]1[C@@H](c2ccccc2)OC(C)(C)N1C(=O)OC(C)(C)C. The van der Waals surface area contributed by atoms with Crippen molar-refractivity contribution in [1.29, 1.82) is 0 Å². The van der Waals surface area contributed by atoms with Crippen molar-refractivity contribution in [3.05, 3.63) is 71.8 Å². The summed E-state index contributed by atoms with van der Waals surface area (Å²) in [6.45, 7) is 17.3. The van der Waals surface area contributed by atoms with E-state index in [0.717, 1.165) is 10.5 Å². The highest BCUT2D eigenvalue weighted by Gasteiger charge is 2.57. The highest BCUT2D eigenvalue weighted by molar-refractivity contribution is 5.84. The molecule has 13 nitrogen and oxygen atoms in total. The Hall–Kier alpha value is -4.20. The number of methoxy groups -OCH3 is 1. The van der Waals surface area contributed by atoms with E-state index in [1.165, 1.54) is 12.0 Å². The van der Waals surface area contributed by atoms with Crippen LogP contribution in [-0.2, 0) is 38.2 Å². The average Bonchev–Trinajstić information content (AvgIpc) is 3.45. The van der Waals surface area contributed by atoms with Crippen molar-refractivity contribution in [2.24, 2.45) is 0 Å². The van der Waals surface area contributed by atoms with Crippen LogP contribution < -0.4 is 0 Å². The summed E-state index contributed by atoms with van der Waals surface area (Å²) in [7, 11) is 1.29. The Labute approximate surface area is 289 Å². The fourth-order valence-electron chi connectivity index (χ4n) is 5.51. The van der Waals surface area contributed by atoms with Gasteiger partial charge in [-0.15, -0.1) is 0 Å². The molecule has 2 heterocycles. The first kappa shape index (κ1) is 41.0. The second-order valence-corrected chi connectivity index (χ2v) is 14.3. The molecule has 13 heteroatoms. The third-order valence-corrected chi connectivity index (χ3v) is 7.33. The lowest BCUT2D eigenvalue weighted by Gasteiger charge is -2.34. The molecule has 0 bridgehead atoms. The third-order valence-electron chi connectivity index (χ3n) is 7.33. The second kappa shape index (κ2) is 15.6. The lowest BCUT2D eigenvalue weighted by Crippen LogP contribution is -2.52. The van der Waals surface area contributed by atoms with Crippen molar-refractivity contribution in [1.82, 2.24) is 9.80 Å². The minimum atomic E-state index is -1.16. The summed E-state index contributed by atoms with van der Waals surface area (Å²) in [6, 6.07) is 16.2. The van der Waals surface area contributed by atoms with Crippen LogP contribution >= 0.6 is 0 Å². The topological polar surface area (TPSA) is 150 Å². The average molecular weight is 689 g/mol. The van der Waals surface area contributed by atoms with E-state index in [9.17, 15) is 19.2 Å². The van der Waals surface area contributed by atoms with Crippen LogP contribution in [0.4, 0.5) is 9.59 Å². The van der Waals surface area contributed by atoms with Gasteiger partial charge in [0, 0.05) is 0 Å². The highest BCUT2D eigenvalue weighted by atomic mass is 17.1. The van der Waals surface area contributed by atoms with Gasteiger partial charge in [0.05, 0.1) is 7.11 Å². The fraction of sp³-hybridized carbons (Fsp3) is 0.556. The van der Waals surface area contributed by atoms with Gasteiger partial charge in [-0.2, -0.15) is 5.26 Å². The molecule has 0 aliphatic carbocycles. The molecule has 2 fully saturated rings. The molecule has 0 radical (unpaired) electrons. The van der Waals surface area contributed by atoms with Crippen molar-refractivity contribution < 1.29 is 53.0 Å². The summed E-state index contributed by atoms with van der Waals surface area (Å²) in [5, 5.41) is 8.88. The molecule has 4 atom stereocenters. The monoisotopic (exact) mass is 688 g/mol. The molecule has 0 saturated carbocycles. The van der Waals surface area contributed by atoms with Gasteiger partial charge in [0.1, 0.15) is 34.9 Å². The molecule has 4 rings (SSSR count). The quantitative estimate of drug-likeness (QED) is 0.153. The molecule has 2 aromatic carbocycles. The van der Waals surface area contributed by atoms with Gasteiger partial charge in [0.2, 0.25) is 0 Å². The first-order valence-corrected chi connectivity index (χ1v) is 15.6. The van der Waals surface area contributed by atoms with Crippen LogP contribution in [0.1, 0.15) is 100.0 Å². The predicted octanol–water partition coefficient (Wildman–Crippen LogP) is 7.02. The van der Waals surface area contributed by atoms with E-state index in [2.05, 4.69) is 4.89 Å². The maximum Gasteiger partial charge on any atom is 0.413 e. The first-order chi connectivity index (χ1) is 22.1. The standard InChI is InChI=1S/C18H25NO5.C17H23NO6.CH4/c1-17(2,3)24-16(21)19-13(15(20)22-6)14(23-18(19,4)5)12-10-8-7-9-11-12;1-16(2,3)23-15(20)18-12(14(19)24-21)13(22-17(18,4)5)11-9-7-6-8-10-11;/h7-11,13-14H,1-6H3;6-10,12-13,21H,1-5H3;1H4/t13-,14+;12-,13+;/m00./s1. The molecule has 2 amide bonds. The van der Waals surface area contributed by atoms with Crippen LogP contribution in [-0.4, -0.2) is 81.0 Å². The number of benzene rings is 2. The van der Waals surface area contributed by atoms with E-state index in [0.29, 0.717) is 5.56 Å². The molecule has 0 aromatic heterocycles. The summed E-state index contributed by atoms with van der Waals surface area (Å²) in [6.07, 6.45) is -2.74. The van der Waals surface area contributed by atoms with E-state index in [-0.39, 0.29) is 7.43 Å². The van der Waals surface area contributed by atoms with Crippen molar-refractivity contribution in [2.75, 3.05) is 7.11 Å². The lowest BCUT2D eigenvalue weighted by molar-refractivity contribution is -0.239. The van der Waals surface area contributed by atoms with Crippen molar-refractivity contribution in [3.8, 4) is 0 Å². The summed E-state index contributed by atoms with van der Waals surface area (Å²) < 4.78 is 27.7. The van der Waals surface area contributed by atoms with Crippen LogP contribution in [0.5, 0.6) is 0 Å². The minimum Gasteiger partial charge on any atom is -0.467 e. The van der Waals surface area contributed by atoms with Gasteiger partial charge in [0.25, 0.3) is 0 Å². The maximum atomic E-state index is 12.7. The molecule has 272 valence electrons. The predicted molar refractivity (Wildman–Crippen MR) is 180 cm³/mol. The van der Waals surface area contributed by atoms with Gasteiger partial charge in [-0.1, -0.05) is 68.1 Å². The molecule has 2 aliphatic rings. The summed E-state index contributed by atoms with van der Waals surface area (Å²) >= 11 is 0. The van der Waals surface area contributed by atoms with Crippen molar-refractivity contribution in [2.45, 2.75) is 124 Å². The Morgan fingerprint density at radius 1 is 0.653 bits per heavy atom. The van der Waals surface area contributed by atoms with Crippen LogP contribution in [0.15, 0.2) is 60.7 Å². The van der Waals surface area contributed by atoms with E-state index in [1.807, 2.05) is 36.4 Å². The number of rotatable bonds is 4. The first-order valence-electron chi connectivity index (χ1n) is 15.6. The number of carbonyl (C=O) groups is 4. The van der Waals surface area contributed by atoms with Gasteiger partial charge in [-0.05, 0) is 80.4 Å². The zero-order chi connectivity index (χ0) is 36.2. The molecular formula is C36H52N2O11. The smallest absolute Gasteiger partial charge is 0.413 e. The Balaban J connectivity index is 0.000000333. The molecule has 2 aliphatic heterocycles. The Kier molecular flexibility index (Phi) is 13.0. The molecule has 1 N–H and O–H groups in total. The number of nitrogens with zero attached hydrogens (tertiary/aromatic N) is 2. The number of hydrogen-bond donors (Lipinski definition) is 1. The van der Waals surface area contributed by atoms with E-state index < -0.39 is 71.1 Å². The second-order valence-electron chi connectivity index (χ2n) is 14.3. The number of esters is 1. The molecule has 2 saturated heterocycles. The minimum absolute atomic E-state index is 0. The summed E-state index contributed by atoms with van der Waals surface area (Å²) in [5.41, 5.74) is -2.08. The van der Waals surface area contributed by atoms with Gasteiger partial charge in [-0.3, -0.25) is 14.7 Å². The van der Waals surface area contributed by atoms with E-state index >= 15 is 0 Å². The Bertz CT molecular complexity index is 1320. The van der Waals surface area contributed by atoms with Gasteiger partial charge in [-0.25, -0.2) is 19.2 Å². The van der Waals surface area contributed by atoms with Crippen LogP contribution in [0, 0.1) is 0 Å². The zero-order valence-corrected chi connectivity index (χ0v) is 29.5. The number of amides is 2. The van der Waals surface area contributed by atoms with Crippen molar-refractivity contribution >= 4 is 24.1 Å². The van der Waals surface area contributed by atoms with Gasteiger partial charge < -0.3 is 23.7 Å². The van der Waals surface area contributed by atoms with Crippen LogP contribution in [0.3, 0.4) is 0 Å². The van der Waals surface area contributed by atoms with Gasteiger partial charge >= 0.3 is 24.1 Å². The van der Waals surface area contributed by atoms with Crippen molar-refractivity contribution in [3.63, 3.8) is 0 Å². The maximum absolute atomic E-state index is 12.7. The molecule has 0 unspecified atom stereocenters. The fourth-order valence-corrected chi connectivity index (χ4v) is 5.51. The van der Waals surface area contributed by atoms with Gasteiger partial charge in [0.15, 0.2) is 12.1 Å². The Morgan fingerprint density at radius 2 is 0.980 bits per heavy atom.